The molecule has 200 valence electrons. The highest BCUT2D eigenvalue weighted by atomic mass is 19.1. The number of nitrogens with zero attached hydrogens (tertiary/aromatic N) is 2. The number of fused-ring (bicyclic) bond motifs is 2. The van der Waals surface area contributed by atoms with E-state index < -0.39 is 0 Å². The van der Waals surface area contributed by atoms with Gasteiger partial charge in [-0.1, -0.05) is 56.3 Å². The van der Waals surface area contributed by atoms with Crippen molar-refractivity contribution >= 4 is 22.8 Å². The van der Waals surface area contributed by atoms with Crippen LogP contribution >= 0.6 is 0 Å². The van der Waals surface area contributed by atoms with Gasteiger partial charge >= 0.3 is 0 Å². The molecule has 3 aromatic rings. The van der Waals surface area contributed by atoms with Gasteiger partial charge < -0.3 is 4.52 Å². The van der Waals surface area contributed by atoms with E-state index in [1.165, 1.54) is 49.1 Å². The molecule has 5 nitrogen and oxygen atoms in total. The SMILES string of the molecule is CC(CC1CCCCC1CN1C(=O)c2ccccc2C1=O)C1CCCC(c2noc3cc(F)ccc23)CC1. The summed E-state index contributed by atoms with van der Waals surface area (Å²) in [6.07, 6.45) is 11.6. The van der Waals surface area contributed by atoms with E-state index in [0.717, 1.165) is 43.2 Å². The van der Waals surface area contributed by atoms with E-state index in [-0.39, 0.29) is 17.6 Å². The van der Waals surface area contributed by atoms with Crippen LogP contribution in [0.3, 0.4) is 0 Å². The van der Waals surface area contributed by atoms with E-state index >= 15 is 0 Å². The lowest BCUT2D eigenvalue weighted by Gasteiger charge is -2.36. The first-order chi connectivity index (χ1) is 18.5. The van der Waals surface area contributed by atoms with E-state index in [2.05, 4.69) is 12.1 Å². The average molecular weight is 517 g/mol. The fourth-order valence-electron chi connectivity index (χ4n) is 7.54. The zero-order valence-electron chi connectivity index (χ0n) is 22.2. The molecule has 1 aromatic heterocycles. The molecule has 2 aliphatic carbocycles. The van der Waals surface area contributed by atoms with Gasteiger partial charge in [-0.25, -0.2) is 4.39 Å². The Balaban J connectivity index is 1.09. The highest BCUT2D eigenvalue weighted by Crippen LogP contribution is 2.43. The van der Waals surface area contributed by atoms with Crippen molar-refractivity contribution in [3.8, 4) is 0 Å². The van der Waals surface area contributed by atoms with Gasteiger partial charge in [0.2, 0.25) is 0 Å². The van der Waals surface area contributed by atoms with Crippen LogP contribution in [0.2, 0.25) is 0 Å². The number of rotatable bonds is 6. The van der Waals surface area contributed by atoms with E-state index in [1.54, 1.807) is 18.2 Å². The Morgan fingerprint density at radius 3 is 2.42 bits per heavy atom. The summed E-state index contributed by atoms with van der Waals surface area (Å²) in [4.78, 5) is 27.5. The topological polar surface area (TPSA) is 63.4 Å². The van der Waals surface area contributed by atoms with Crippen LogP contribution in [0, 0.1) is 29.5 Å². The number of amides is 2. The molecule has 2 fully saturated rings. The monoisotopic (exact) mass is 516 g/mol. The lowest BCUT2D eigenvalue weighted by molar-refractivity contribution is 0.0570. The Labute approximate surface area is 223 Å². The zero-order valence-corrected chi connectivity index (χ0v) is 22.2. The number of hydrogen-bond donors (Lipinski definition) is 0. The molecule has 0 N–H and O–H groups in total. The minimum Gasteiger partial charge on any atom is -0.356 e. The van der Waals surface area contributed by atoms with Gasteiger partial charge in [-0.2, -0.15) is 0 Å². The molecule has 5 unspecified atom stereocenters. The third kappa shape index (κ3) is 4.78. The molecule has 6 rings (SSSR count). The molecule has 6 heteroatoms. The minimum absolute atomic E-state index is 0.124. The molecule has 38 heavy (non-hydrogen) atoms. The number of halogens is 1. The Hall–Kier alpha value is -3.02. The maximum Gasteiger partial charge on any atom is 0.261 e. The van der Waals surface area contributed by atoms with Gasteiger partial charge in [-0.15, -0.1) is 0 Å². The van der Waals surface area contributed by atoms with Crippen LogP contribution in [0.15, 0.2) is 47.0 Å². The molecule has 0 bridgehead atoms. The summed E-state index contributed by atoms with van der Waals surface area (Å²) < 4.78 is 19.1. The molecule has 1 aliphatic heterocycles. The van der Waals surface area contributed by atoms with Gasteiger partial charge in [0, 0.05) is 23.9 Å². The molecule has 2 heterocycles. The van der Waals surface area contributed by atoms with Gasteiger partial charge in [0.25, 0.3) is 11.8 Å². The zero-order chi connectivity index (χ0) is 26.2. The predicted molar refractivity (Wildman–Crippen MR) is 144 cm³/mol. The summed E-state index contributed by atoms with van der Waals surface area (Å²) in [5.41, 5.74) is 2.63. The molecule has 3 aliphatic rings. The van der Waals surface area contributed by atoms with Gasteiger partial charge in [0.05, 0.1) is 16.8 Å². The van der Waals surface area contributed by atoms with Crippen LogP contribution < -0.4 is 0 Å². The molecular formula is C32H37FN2O3. The largest absolute Gasteiger partial charge is 0.356 e. The predicted octanol–water partition coefficient (Wildman–Crippen LogP) is 7.76. The second kappa shape index (κ2) is 10.6. The van der Waals surface area contributed by atoms with Crippen molar-refractivity contribution in [2.75, 3.05) is 6.54 Å². The van der Waals surface area contributed by atoms with Crippen LogP contribution in [0.1, 0.15) is 103 Å². The first kappa shape index (κ1) is 25.3. The van der Waals surface area contributed by atoms with Gasteiger partial charge in [-0.3, -0.25) is 14.5 Å². The van der Waals surface area contributed by atoms with Crippen molar-refractivity contribution in [1.82, 2.24) is 10.1 Å². The summed E-state index contributed by atoms with van der Waals surface area (Å²) in [6.45, 7) is 2.96. The highest BCUT2D eigenvalue weighted by Gasteiger charge is 2.39. The third-order valence-corrected chi connectivity index (χ3v) is 9.70. The van der Waals surface area contributed by atoms with E-state index in [1.807, 2.05) is 12.1 Å². The molecule has 0 radical (unpaired) electrons. The highest BCUT2D eigenvalue weighted by molar-refractivity contribution is 6.21. The number of aromatic nitrogens is 1. The number of benzene rings is 2. The molecule has 2 amide bonds. The summed E-state index contributed by atoms with van der Waals surface area (Å²) in [7, 11) is 0. The van der Waals surface area contributed by atoms with Crippen molar-refractivity contribution in [2.45, 2.75) is 77.0 Å². The van der Waals surface area contributed by atoms with Gasteiger partial charge in [0.15, 0.2) is 5.58 Å². The van der Waals surface area contributed by atoms with E-state index in [4.69, 9.17) is 4.52 Å². The average Bonchev–Trinajstić information content (AvgIpc) is 3.32. The summed E-state index contributed by atoms with van der Waals surface area (Å²) in [5.74, 6) is 2.02. The maximum atomic E-state index is 13.6. The Morgan fingerprint density at radius 2 is 1.66 bits per heavy atom. The molecule has 2 saturated carbocycles. The number of imide groups is 1. The van der Waals surface area contributed by atoms with Crippen molar-refractivity contribution in [3.05, 3.63) is 65.1 Å². The molecule has 0 spiro atoms. The van der Waals surface area contributed by atoms with Gasteiger partial charge in [0.1, 0.15) is 5.82 Å². The molecular weight excluding hydrogens is 479 g/mol. The first-order valence-electron chi connectivity index (χ1n) is 14.5. The van der Waals surface area contributed by atoms with Crippen molar-refractivity contribution in [1.29, 1.82) is 0 Å². The Kier molecular flexibility index (Phi) is 7.07. The lowest BCUT2D eigenvalue weighted by Crippen LogP contribution is -2.38. The Morgan fingerprint density at radius 1 is 0.921 bits per heavy atom. The minimum atomic E-state index is -0.293. The number of hydrogen-bond acceptors (Lipinski definition) is 4. The van der Waals surface area contributed by atoms with Crippen LogP contribution in [-0.4, -0.2) is 28.4 Å². The van der Waals surface area contributed by atoms with Crippen molar-refractivity contribution < 1.29 is 18.5 Å². The van der Waals surface area contributed by atoms with Crippen LogP contribution in [0.5, 0.6) is 0 Å². The second-order valence-electron chi connectivity index (χ2n) is 12.0. The fraction of sp³-hybridized carbons (Fsp3) is 0.531. The number of carbonyl (C=O) groups is 2. The summed E-state index contributed by atoms with van der Waals surface area (Å²) in [5, 5.41) is 5.30. The van der Waals surface area contributed by atoms with Gasteiger partial charge in [-0.05, 0) is 80.0 Å². The standard InChI is InChI=1S/C32H37FN2O3/c1-20(21-9-6-10-22(14-13-21)30-28-16-15-25(33)18-29(28)38-34-30)17-23-7-2-3-8-24(23)19-35-31(36)26-11-4-5-12-27(26)32(35)37/h4-5,11-12,15-16,18,20-24H,2-3,6-10,13-14,17,19H2,1H3. The fourth-order valence-corrected chi connectivity index (χ4v) is 7.54. The summed E-state index contributed by atoms with van der Waals surface area (Å²) in [6, 6.07) is 11.9. The van der Waals surface area contributed by atoms with Crippen LogP contribution in [0.25, 0.3) is 11.0 Å². The van der Waals surface area contributed by atoms with E-state index in [0.29, 0.717) is 52.8 Å². The van der Waals surface area contributed by atoms with Crippen molar-refractivity contribution in [3.63, 3.8) is 0 Å². The molecule has 0 saturated heterocycles. The van der Waals surface area contributed by atoms with Crippen molar-refractivity contribution in [2.24, 2.45) is 23.7 Å². The lowest BCUT2D eigenvalue weighted by atomic mass is 9.72. The smallest absolute Gasteiger partial charge is 0.261 e. The third-order valence-electron chi connectivity index (χ3n) is 9.70. The molecule has 2 aromatic carbocycles. The van der Waals surface area contributed by atoms with Crippen LogP contribution in [0.4, 0.5) is 4.39 Å². The molecule has 5 atom stereocenters. The van der Waals surface area contributed by atoms with Crippen LogP contribution in [-0.2, 0) is 0 Å². The van der Waals surface area contributed by atoms with E-state index in [9.17, 15) is 14.0 Å². The maximum absolute atomic E-state index is 13.6. The first-order valence-corrected chi connectivity index (χ1v) is 14.5. The number of carbonyl (C=O) groups excluding carboxylic acids is 2. The summed E-state index contributed by atoms with van der Waals surface area (Å²) >= 11 is 0. The Bertz CT molecular complexity index is 1300. The second-order valence-corrected chi connectivity index (χ2v) is 12.0. The normalized spacial score (nSPS) is 26.9. The quantitative estimate of drug-likeness (QED) is 0.248.